The molecule has 0 spiro atoms. The van der Waals surface area contributed by atoms with Gasteiger partial charge in [-0.1, -0.05) is 60.1 Å². The summed E-state index contributed by atoms with van der Waals surface area (Å²) in [5.41, 5.74) is 6.81. The van der Waals surface area contributed by atoms with Gasteiger partial charge >= 0.3 is 0 Å². The van der Waals surface area contributed by atoms with Crippen LogP contribution in [0.25, 0.3) is 10.9 Å². The summed E-state index contributed by atoms with van der Waals surface area (Å²) >= 11 is 5.91. The number of benzene rings is 3. The lowest BCUT2D eigenvalue weighted by Gasteiger charge is -2.08. The van der Waals surface area contributed by atoms with E-state index in [1.165, 1.54) is 23.8 Å². The molecule has 0 atom stereocenters. The van der Waals surface area contributed by atoms with Crippen LogP contribution in [0.4, 0.5) is 0 Å². The number of hydrogen-bond acceptors (Lipinski definition) is 3. The number of hydrogen-bond donors (Lipinski definition) is 2. The predicted octanol–water partition coefficient (Wildman–Crippen LogP) is 5.12. The molecule has 0 fully saturated rings. The second kappa shape index (κ2) is 8.43. The van der Waals surface area contributed by atoms with Crippen molar-refractivity contribution in [2.24, 2.45) is 5.10 Å². The average Bonchev–Trinajstić information content (AvgIpc) is 3.02. The van der Waals surface area contributed by atoms with Gasteiger partial charge in [0.2, 0.25) is 0 Å². The van der Waals surface area contributed by atoms with Crippen molar-refractivity contribution in [2.75, 3.05) is 0 Å². The van der Waals surface area contributed by atoms with Crippen LogP contribution in [0.1, 0.15) is 27.2 Å². The first-order valence-electron chi connectivity index (χ1n) is 9.48. The normalized spacial score (nSPS) is 11.3. The number of carbonyl (C=O) groups is 1. The summed E-state index contributed by atoms with van der Waals surface area (Å²) in [6.07, 6.45) is 1.64. The van der Waals surface area contributed by atoms with Crippen molar-refractivity contribution in [3.63, 3.8) is 0 Å². The Bertz CT molecular complexity index is 1250. The minimum absolute atomic E-state index is 0.0721. The minimum atomic E-state index is -0.531. The van der Waals surface area contributed by atoms with Gasteiger partial charge in [0.1, 0.15) is 5.75 Å². The molecule has 0 aliphatic carbocycles. The highest BCUT2D eigenvalue weighted by Crippen LogP contribution is 2.26. The molecule has 4 aromatic rings. The summed E-state index contributed by atoms with van der Waals surface area (Å²) in [5.74, 6) is -0.681. The van der Waals surface area contributed by atoms with E-state index in [4.69, 9.17) is 11.6 Å². The monoisotopic (exact) mass is 417 g/mol. The van der Waals surface area contributed by atoms with E-state index in [9.17, 15) is 9.90 Å². The van der Waals surface area contributed by atoms with E-state index in [0.29, 0.717) is 5.02 Å². The van der Waals surface area contributed by atoms with Gasteiger partial charge in [-0.05, 0) is 36.8 Å². The molecule has 0 aliphatic rings. The predicted molar refractivity (Wildman–Crippen MR) is 120 cm³/mol. The number of hydrazone groups is 1. The SMILES string of the molecule is Cc1c(/C=N/NC(=O)c2cc(Cl)ccc2O)c2ccccc2n1Cc1ccccc1. The van der Waals surface area contributed by atoms with Crippen LogP contribution in [0.3, 0.4) is 0 Å². The lowest BCUT2D eigenvalue weighted by molar-refractivity contribution is 0.0952. The van der Waals surface area contributed by atoms with Crippen molar-refractivity contribution in [3.8, 4) is 5.75 Å². The summed E-state index contributed by atoms with van der Waals surface area (Å²) in [6, 6.07) is 22.6. The molecule has 2 N–H and O–H groups in total. The molecule has 30 heavy (non-hydrogen) atoms. The number of aromatic hydroxyl groups is 1. The number of nitrogens with one attached hydrogen (secondary N) is 1. The lowest BCUT2D eigenvalue weighted by Crippen LogP contribution is -2.17. The van der Waals surface area contributed by atoms with Crippen LogP contribution in [-0.4, -0.2) is 21.8 Å². The summed E-state index contributed by atoms with van der Waals surface area (Å²) in [6.45, 7) is 2.78. The van der Waals surface area contributed by atoms with Gasteiger partial charge in [0.25, 0.3) is 5.91 Å². The van der Waals surface area contributed by atoms with Crippen LogP contribution in [0.2, 0.25) is 5.02 Å². The fraction of sp³-hybridized carbons (Fsp3) is 0.0833. The molecule has 0 saturated heterocycles. The van der Waals surface area contributed by atoms with Gasteiger partial charge in [-0.15, -0.1) is 0 Å². The smallest absolute Gasteiger partial charge is 0.275 e. The number of para-hydroxylation sites is 1. The molecule has 0 saturated carbocycles. The molecule has 0 unspecified atom stereocenters. The molecule has 0 aliphatic heterocycles. The Balaban J connectivity index is 1.63. The first-order chi connectivity index (χ1) is 14.5. The molecule has 0 radical (unpaired) electrons. The molecule has 4 rings (SSSR count). The molecule has 1 amide bonds. The lowest BCUT2D eigenvalue weighted by atomic mass is 10.1. The Morgan fingerprint density at radius 3 is 2.63 bits per heavy atom. The third-order valence-corrected chi connectivity index (χ3v) is 5.26. The highest BCUT2D eigenvalue weighted by Gasteiger charge is 2.14. The van der Waals surface area contributed by atoms with Gasteiger partial charge in [0, 0.05) is 33.7 Å². The Morgan fingerprint density at radius 2 is 1.83 bits per heavy atom. The van der Waals surface area contributed by atoms with E-state index < -0.39 is 5.91 Å². The standard InChI is InChI=1S/C24H20ClN3O2/c1-16-21(14-26-27-24(30)20-13-18(25)11-12-23(20)29)19-9-5-6-10-22(19)28(16)15-17-7-3-2-4-8-17/h2-14,29H,15H2,1H3,(H,27,30)/b26-14+. The third kappa shape index (κ3) is 3.93. The molecule has 1 heterocycles. The average molecular weight is 418 g/mol. The van der Waals surface area contributed by atoms with Crippen molar-refractivity contribution in [2.45, 2.75) is 13.5 Å². The number of phenolic OH excluding ortho intramolecular Hbond substituents is 1. The fourth-order valence-corrected chi connectivity index (χ4v) is 3.67. The minimum Gasteiger partial charge on any atom is -0.507 e. The molecule has 0 bridgehead atoms. The Kier molecular flexibility index (Phi) is 5.55. The van der Waals surface area contributed by atoms with E-state index >= 15 is 0 Å². The van der Waals surface area contributed by atoms with E-state index in [0.717, 1.165) is 28.7 Å². The number of phenols is 1. The summed E-state index contributed by atoms with van der Waals surface area (Å²) in [7, 11) is 0. The van der Waals surface area contributed by atoms with Gasteiger partial charge in [0.05, 0.1) is 11.8 Å². The van der Waals surface area contributed by atoms with E-state index in [2.05, 4.69) is 33.3 Å². The van der Waals surface area contributed by atoms with Crippen molar-refractivity contribution in [1.82, 2.24) is 9.99 Å². The molecule has 3 aromatic carbocycles. The Hall–Kier alpha value is -3.57. The summed E-state index contributed by atoms with van der Waals surface area (Å²) in [4.78, 5) is 12.4. The van der Waals surface area contributed by atoms with Crippen LogP contribution in [0.15, 0.2) is 77.9 Å². The number of carbonyl (C=O) groups excluding carboxylic acids is 1. The Morgan fingerprint density at radius 1 is 1.10 bits per heavy atom. The maximum atomic E-state index is 12.4. The third-order valence-electron chi connectivity index (χ3n) is 5.03. The number of rotatable bonds is 5. The highest BCUT2D eigenvalue weighted by molar-refractivity contribution is 6.31. The highest BCUT2D eigenvalue weighted by atomic mass is 35.5. The van der Waals surface area contributed by atoms with Crippen molar-refractivity contribution < 1.29 is 9.90 Å². The van der Waals surface area contributed by atoms with E-state index in [-0.39, 0.29) is 11.3 Å². The van der Waals surface area contributed by atoms with E-state index in [1.54, 1.807) is 6.21 Å². The van der Waals surface area contributed by atoms with Gasteiger partial charge < -0.3 is 9.67 Å². The number of nitrogens with zero attached hydrogens (tertiary/aromatic N) is 2. The van der Waals surface area contributed by atoms with Gasteiger partial charge in [-0.3, -0.25) is 4.79 Å². The molecular formula is C24H20ClN3O2. The molecule has 150 valence electrons. The number of fused-ring (bicyclic) bond motifs is 1. The van der Waals surface area contributed by atoms with Crippen LogP contribution < -0.4 is 5.43 Å². The topological polar surface area (TPSA) is 66.6 Å². The Labute approximate surface area is 179 Å². The van der Waals surface area contributed by atoms with Crippen LogP contribution in [0.5, 0.6) is 5.75 Å². The second-order valence-corrected chi connectivity index (χ2v) is 7.39. The zero-order chi connectivity index (χ0) is 21.1. The van der Waals surface area contributed by atoms with E-state index in [1.807, 2.05) is 43.3 Å². The fourth-order valence-electron chi connectivity index (χ4n) is 3.50. The van der Waals surface area contributed by atoms with Gasteiger partial charge in [-0.2, -0.15) is 5.10 Å². The first kappa shape index (κ1) is 19.7. The second-order valence-electron chi connectivity index (χ2n) is 6.95. The van der Waals surface area contributed by atoms with Crippen molar-refractivity contribution in [1.29, 1.82) is 0 Å². The van der Waals surface area contributed by atoms with Crippen molar-refractivity contribution in [3.05, 3.63) is 100 Å². The van der Waals surface area contributed by atoms with Gasteiger partial charge in [0.15, 0.2) is 0 Å². The van der Waals surface area contributed by atoms with Crippen LogP contribution in [-0.2, 0) is 6.54 Å². The molecule has 5 nitrogen and oxygen atoms in total. The summed E-state index contributed by atoms with van der Waals surface area (Å²) in [5, 5.41) is 15.4. The zero-order valence-corrected chi connectivity index (χ0v) is 17.1. The number of aromatic nitrogens is 1. The molecule has 6 heteroatoms. The molecular weight excluding hydrogens is 398 g/mol. The zero-order valence-electron chi connectivity index (χ0n) is 16.3. The first-order valence-corrected chi connectivity index (χ1v) is 9.86. The largest absolute Gasteiger partial charge is 0.507 e. The maximum absolute atomic E-state index is 12.4. The summed E-state index contributed by atoms with van der Waals surface area (Å²) < 4.78 is 2.23. The van der Waals surface area contributed by atoms with Crippen LogP contribution >= 0.6 is 11.6 Å². The van der Waals surface area contributed by atoms with Gasteiger partial charge in [-0.25, -0.2) is 5.43 Å². The quantitative estimate of drug-likeness (QED) is 0.349. The maximum Gasteiger partial charge on any atom is 0.275 e. The van der Waals surface area contributed by atoms with Crippen molar-refractivity contribution >= 4 is 34.6 Å². The van der Waals surface area contributed by atoms with Crippen LogP contribution in [0, 0.1) is 6.92 Å². The number of halogens is 1. The number of amides is 1. The molecule has 1 aromatic heterocycles.